The molecule has 4 aliphatic rings. The number of unbranched alkanes of at least 4 members (excludes halogenated alkanes) is 1. The van der Waals surface area contributed by atoms with Crippen molar-refractivity contribution in [3.05, 3.63) is 12.2 Å². The van der Waals surface area contributed by atoms with E-state index < -0.39 is 0 Å². The summed E-state index contributed by atoms with van der Waals surface area (Å²) in [6, 6.07) is 0. The van der Waals surface area contributed by atoms with E-state index >= 15 is 0 Å². The van der Waals surface area contributed by atoms with Crippen LogP contribution in [-0.2, 0) is 9.47 Å². The van der Waals surface area contributed by atoms with Crippen LogP contribution in [-0.4, -0.2) is 18.5 Å². The van der Waals surface area contributed by atoms with Crippen LogP contribution in [0, 0.1) is 35.5 Å². The Labute approximate surface area is 129 Å². The third-order valence-corrected chi connectivity index (χ3v) is 6.89. The summed E-state index contributed by atoms with van der Waals surface area (Å²) in [5.41, 5.74) is 0.0653. The van der Waals surface area contributed by atoms with Gasteiger partial charge < -0.3 is 9.47 Å². The lowest BCUT2D eigenvalue weighted by Gasteiger charge is -2.44. The topological polar surface area (TPSA) is 18.5 Å². The van der Waals surface area contributed by atoms with Gasteiger partial charge in [0.1, 0.15) is 0 Å². The maximum Gasteiger partial charge on any atom is 0.155 e. The van der Waals surface area contributed by atoms with E-state index in [1.807, 2.05) is 0 Å². The Morgan fingerprint density at radius 2 is 1.95 bits per heavy atom. The van der Waals surface area contributed by atoms with Gasteiger partial charge in [0.25, 0.3) is 0 Å². The van der Waals surface area contributed by atoms with Gasteiger partial charge in [-0.2, -0.15) is 0 Å². The molecule has 0 aromatic heterocycles. The predicted octanol–water partition coefficient (Wildman–Crippen LogP) is 4.40. The van der Waals surface area contributed by atoms with Gasteiger partial charge in [-0.25, -0.2) is 0 Å². The van der Waals surface area contributed by atoms with Crippen LogP contribution in [0.25, 0.3) is 0 Å². The van der Waals surface area contributed by atoms with Gasteiger partial charge in [0, 0.05) is 6.61 Å². The van der Waals surface area contributed by atoms with Crippen molar-refractivity contribution in [2.75, 3.05) is 6.61 Å². The lowest BCUT2D eigenvalue weighted by molar-refractivity contribution is -0.221. The number of hydrogen-bond acceptors (Lipinski definition) is 2. The smallest absolute Gasteiger partial charge is 0.155 e. The summed E-state index contributed by atoms with van der Waals surface area (Å²) in [6.07, 6.45) is 11.4. The molecule has 0 saturated heterocycles. The zero-order valence-corrected chi connectivity index (χ0v) is 13.8. The van der Waals surface area contributed by atoms with E-state index in [4.69, 9.17) is 9.47 Å². The Hall–Kier alpha value is -0.340. The van der Waals surface area contributed by atoms with E-state index in [1.165, 1.54) is 25.7 Å². The number of ether oxygens (including phenoxy) is 2. The standard InChI is InChI=1S/C19H30O2/c1-4-5-8-20-12(2)21-19(3)11-15-10-16(19)18-14-7-6-13(9-14)17(15)18/h6-7,12-18H,4-5,8-11H2,1-3H3. The van der Waals surface area contributed by atoms with Crippen LogP contribution in [0.4, 0.5) is 0 Å². The predicted molar refractivity (Wildman–Crippen MR) is 83.7 cm³/mol. The maximum absolute atomic E-state index is 6.45. The van der Waals surface area contributed by atoms with Crippen LogP contribution in [0.1, 0.15) is 52.9 Å². The molecule has 2 nitrogen and oxygen atoms in total. The van der Waals surface area contributed by atoms with E-state index in [0.29, 0.717) is 0 Å². The highest BCUT2D eigenvalue weighted by Gasteiger charge is 2.65. The van der Waals surface area contributed by atoms with Crippen LogP contribution in [0.15, 0.2) is 12.2 Å². The second-order valence-electron chi connectivity index (χ2n) is 8.13. The van der Waals surface area contributed by atoms with Gasteiger partial charge >= 0.3 is 0 Å². The number of fused-ring (bicyclic) bond motifs is 9. The van der Waals surface area contributed by atoms with E-state index in [-0.39, 0.29) is 11.9 Å². The van der Waals surface area contributed by atoms with Gasteiger partial charge in [-0.3, -0.25) is 0 Å². The summed E-state index contributed by atoms with van der Waals surface area (Å²) in [7, 11) is 0. The lowest BCUT2D eigenvalue weighted by Crippen LogP contribution is -2.46. The van der Waals surface area contributed by atoms with E-state index in [2.05, 4.69) is 32.9 Å². The van der Waals surface area contributed by atoms with Crippen molar-refractivity contribution in [1.29, 1.82) is 0 Å². The van der Waals surface area contributed by atoms with Crippen molar-refractivity contribution in [2.24, 2.45) is 35.5 Å². The van der Waals surface area contributed by atoms with Crippen molar-refractivity contribution in [2.45, 2.75) is 64.8 Å². The zero-order valence-electron chi connectivity index (χ0n) is 13.8. The first-order valence-corrected chi connectivity index (χ1v) is 9.10. The van der Waals surface area contributed by atoms with Gasteiger partial charge in [-0.15, -0.1) is 0 Å². The molecule has 0 spiro atoms. The minimum atomic E-state index is -0.0477. The molecule has 118 valence electrons. The molecule has 3 saturated carbocycles. The van der Waals surface area contributed by atoms with Crippen molar-refractivity contribution in [1.82, 2.24) is 0 Å². The minimum absolute atomic E-state index is 0.0477. The highest BCUT2D eigenvalue weighted by molar-refractivity contribution is 5.23. The van der Waals surface area contributed by atoms with Crippen LogP contribution in [0.2, 0.25) is 0 Å². The van der Waals surface area contributed by atoms with Gasteiger partial charge in [0.15, 0.2) is 6.29 Å². The van der Waals surface area contributed by atoms with Crippen LogP contribution >= 0.6 is 0 Å². The highest BCUT2D eigenvalue weighted by atomic mass is 16.7. The van der Waals surface area contributed by atoms with Gasteiger partial charge in [0.2, 0.25) is 0 Å². The monoisotopic (exact) mass is 290 g/mol. The molecule has 4 rings (SSSR count). The fourth-order valence-electron chi connectivity index (χ4n) is 6.26. The van der Waals surface area contributed by atoms with Gasteiger partial charge in [-0.1, -0.05) is 25.5 Å². The average Bonchev–Trinajstić information content (AvgIpc) is 3.15. The first-order valence-electron chi connectivity index (χ1n) is 9.10. The summed E-state index contributed by atoms with van der Waals surface area (Å²) in [5, 5.41) is 0. The average molecular weight is 290 g/mol. The number of allylic oxidation sites excluding steroid dienone is 2. The Morgan fingerprint density at radius 1 is 1.19 bits per heavy atom. The van der Waals surface area contributed by atoms with Crippen LogP contribution in [0.3, 0.4) is 0 Å². The molecule has 8 atom stereocenters. The third-order valence-electron chi connectivity index (χ3n) is 6.89. The molecule has 0 aromatic carbocycles. The third kappa shape index (κ3) is 2.13. The Morgan fingerprint density at radius 3 is 2.71 bits per heavy atom. The molecule has 0 heterocycles. The molecule has 0 aliphatic heterocycles. The summed E-state index contributed by atoms with van der Waals surface area (Å²) >= 11 is 0. The van der Waals surface area contributed by atoms with Crippen molar-refractivity contribution in [3.63, 3.8) is 0 Å². The van der Waals surface area contributed by atoms with E-state index in [0.717, 1.165) is 48.5 Å². The molecule has 0 radical (unpaired) electrons. The summed E-state index contributed by atoms with van der Waals surface area (Å²) in [5.74, 6) is 5.33. The number of hydrogen-bond donors (Lipinski definition) is 0. The van der Waals surface area contributed by atoms with Crippen molar-refractivity contribution < 1.29 is 9.47 Å². The molecule has 8 unspecified atom stereocenters. The molecule has 4 bridgehead atoms. The Bertz CT molecular complexity index is 431. The lowest BCUT2D eigenvalue weighted by atomic mass is 9.68. The molecule has 21 heavy (non-hydrogen) atoms. The maximum atomic E-state index is 6.45. The molecule has 0 aromatic rings. The molecule has 0 amide bonds. The molecule has 0 N–H and O–H groups in total. The normalized spacial score (nSPS) is 50.8. The molecular weight excluding hydrogens is 260 g/mol. The Balaban J connectivity index is 1.42. The summed E-state index contributed by atoms with van der Waals surface area (Å²) in [6.45, 7) is 7.49. The molecule has 4 aliphatic carbocycles. The minimum Gasteiger partial charge on any atom is -0.353 e. The van der Waals surface area contributed by atoms with Crippen molar-refractivity contribution >= 4 is 0 Å². The molecule has 3 fully saturated rings. The highest BCUT2D eigenvalue weighted by Crippen LogP contribution is 2.68. The molecule has 2 heteroatoms. The van der Waals surface area contributed by atoms with Crippen LogP contribution in [0.5, 0.6) is 0 Å². The second-order valence-corrected chi connectivity index (χ2v) is 8.13. The van der Waals surface area contributed by atoms with E-state index in [9.17, 15) is 0 Å². The summed E-state index contributed by atoms with van der Waals surface area (Å²) in [4.78, 5) is 0. The number of rotatable bonds is 6. The first kappa shape index (κ1) is 14.3. The summed E-state index contributed by atoms with van der Waals surface area (Å²) < 4.78 is 12.3. The fourth-order valence-corrected chi connectivity index (χ4v) is 6.26. The quantitative estimate of drug-likeness (QED) is 0.312. The fraction of sp³-hybridized carbons (Fsp3) is 0.895. The van der Waals surface area contributed by atoms with Gasteiger partial charge in [0.05, 0.1) is 5.60 Å². The second kappa shape index (κ2) is 5.09. The van der Waals surface area contributed by atoms with E-state index in [1.54, 1.807) is 0 Å². The molecular formula is C19H30O2. The first-order chi connectivity index (χ1) is 10.1. The van der Waals surface area contributed by atoms with Crippen LogP contribution < -0.4 is 0 Å². The Kier molecular flexibility index (Phi) is 3.46. The van der Waals surface area contributed by atoms with Crippen molar-refractivity contribution in [3.8, 4) is 0 Å². The van der Waals surface area contributed by atoms with Gasteiger partial charge in [-0.05, 0) is 75.0 Å². The SMILES string of the molecule is CCCCOC(C)OC1(C)CC2CC1C1C3C=CC(C3)C21. The zero-order chi connectivity index (χ0) is 14.6. The largest absolute Gasteiger partial charge is 0.353 e.